The summed E-state index contributed by atoms with van der Waals surface area (Å²) in [7, 11) is 13.9. The molecule has 0 aromatic heterocycles. The zero-order valence-corrected chi connectivity index (χ0v) is 48.5. The van der Waals surface area contributed by atoms with Gasteiger partial charge in [-0.05, 0) is 84.2 Å². The van der Waals surface area contributed by atoms with Gasteiger partial charge in [-0.3, -0.25) is 19.2 Å². The molecule has 3 heterocycles. The number of nitrogens with zero attached hydrogens (tertiary/aromatic N) is 1. The summed E-state index contributed by atoms with van der Waals surface area (Å²) in [4.78, 5) is 48.4. The maximum Gasteiger partial charge on any atom is 0.224 e. The first-order valence-electron chi connectivity index (χ1n) is 23.7. The second-order valence-electron chi connectivity index (χ2n) is 17.8. The van der Waals surface area contributed by atoms with Crippen LogP contribution in [0.25, 0.3) is 0 Å². The van der Waals surface area contributed by atoms with E-state index in [9.17, 15) is 29.7 Å². The van der Waals surface area contributed by atoms with Crippen molar-refractivity contribution in [3.63, 3.8) is 0 Å². The number of aliphatic hydroxyl groups is 3. The summed E-state index contributed by atoms with van der Waals surface area (Å²) >= 11 is 3.01. The molecule has 5 N–H and O–H groups in total. The number of likely N-dealkylation sites (N-methyl/N-ethyl adjacent to an activating group) is 2. The van der Waals surface area contributed by atoms with Crippen molar-refractivity contribution in [2.45, 2.75) is 131 Å². The van der Waals surface area contributed by atoms with Crippen LogP contribution in [-0.2, 0) is 42.8 Å². The fraction of sp³-hybridized carbons (Fsp3) is 0.620. The minimum Gasteiger partial charge on any atom is -0.492 e. The molecule has 0 unspecified atom stereocenters. The molecule has 0 saturated carbocycles. The number of carbonyl (C=O) groups is 3. The molecule has 0 spiro atoms. The van der Waals surface area contributed by atoms with Crippen LogP contribution in [0.3, 0.4) is 0 Å². The SMILES string of the molecule is CN[C@@H]1CO[C@H](O[C@@H]2[C@@H](O)[C@@H](NO[C@H]3C[C@H](O)[C@H](SC(=O)c4c(C)c(I)c(OC)c(OC)c4OC)[C@@H](C)O3)[C@H](C)O[C@H]2CO[C@H]2C#C/C=C\C#C[C@]3(O)CC(=O)C(N(C)C(C)=O)=C2/C3=C\CSSSC)C[C@H]1OC. The van der Waals surface area contributed by atoms with Gasteiger partial charge in [-0.2, -0.15) is 5.48 Å². The number of hydrogen-bond acceptors (Lipinski definition) is 22. The Kier molecular flexibility index (Phi) is 22.8. The number of benzene rings is 1. The molecule has 1 aromatic rings. The number of ether oxygens (including phenoxy) is 9. The number of nitrogens with one attached hydrogen (secondary N) is 2. The highest BCUT2D eigenvalue weighted by molar-refractivity contribution is 14.1. The lowest BCUT2D eigenvalue weighted by Gasteiger charge is -2.46. The Morgan fingerprint density at radius 3 is 2.39 bits per heavy atom. The van der Waals surface area contributed by atoms with Gasteiger partial charge in [0.05, 0.1) is 97.5 Å². The number of allylic oxidation sites excluding steroid dienone is 3. The molecule has 6 rings (SSSR count). The number of hydrogen-bond donors (Lipinski definition) is 5. The molecule has 3 saturated heterocycles. The van der Waals surface area contributed by atoms with Crippen LogP contribution < -0.4 is 25.0 Å². The molecule has 24 heteroatoms. The number of hydroxylamine groups is 1. The van der Waals surface area contributed by atoms with Crippen molar-refractivity contribution in [1.82, 2.24) is 15.7 Å². The number of fused-ring (bicyclic) bond motifs is 2. The molecule has 14 atom stereocenters. The van der Waals surface area contributed by atoms with E-state index in [0.717, 1.165) is 11.8 Å². The first-order valence-corrected chi connectivity index (χ1v) is 29.7. The third-order valence-electron chi connectivity index (χ3n) is 13.2. The Morgan fingerprint density at radius 1 is 1.03 bits per heavy atom. The van der Waals surface area contributed by atoms with Crippen molar-refractivity contribution < 1.29 is 77.2 Å². The summed E-state index contributed by atoms with van der Waals surface area (Å²) in [5, 5.41) is 38.2. The van der Waals surface area contributed by atoms with Gasteiger partial charge in [0.15, 0.2) is 35.5 Å². The molecule has 3 fully saturated rings. The first-order chi connectivity index (χ1) is 35.4. The standard InChI is InChI=1S/C50H66IN3O16S4/c1-25-38(45(62-8)47(64-10)46(63-9)40(25)51)49(59)73-48-27(3)68-37(20-31(48)56)70-53-41-26(2)67-35(44(43(41)58)69-36-21-34(61-7)30(52-5)23-66-36)24-65-33-16-14-12-13-15-18-50(60)22-32(57)42(54(6)28(4)55)39(33)29(50)17-19-72-74-71-11/h12-13,17,26-27,30-31,33-37,41,43-44,48,52-53,56,58,60H,19-24H2,1-11H3/b13-12-,29-17+/t26-,27+,30+,31-,33-,34+,35-,36+,37-,41-,43-,44-,48+,50-/m0/s1. The molecule has 1 amide bonds. The minimum absolute atomic E-state index is 0.0120. The number of methoxy groups -OCH3 is 4. The van der Waals surface area contributed by atoms with Crippen LogP contribution in [0.5, 0.6) is 17.2 Å². The van der Waals surface area contributed by atoms with Gasteiger partial charge in [0.1, 0.15) is 24.4 Å². The van der Waals surface area contributed by atoms with Crippen LogP contribution in [0.1, 0.15) is 56.0 Å². The van der Waals surface area contributed by atoms with Gasteiger partial charge >= 0.3 is 0 Å². The summed E-state index contributed by atoms with van der Waals surface area (Å²) in [6.45, 7) is 6.55. The number of thioether (sulfide) groups is 1. The molecule has 2 aliphatic carbocycles. The van der Waals surface area contributed by atoms with E-state index in [1.54, 1.807) is 51.8 Å². The smallest absolute Gasteiger partial charge is 0.224 e. The van der Waals surface area contributed by atoms with Crippen LogP contribution in [0.4, 0.5) is 0 Å². The lowest BCUT2D eigenvalue weighted by atomic mass is 9.75. The van der Waals surface area contributed by atoms with Gasteiger partial charge in [0.25, 0.3) is 0 Å². The summed E-state index contributed by atoms with van der Waals surface area (Å²) in [6, 6.07) is -1.08. The Balaban J connectivity index is 1.24. The van der Waals surface area contributed by atoms with Gasteiger partial charge in [0, 0.05) is 50.8 Å². The fourth-order valence-corrected chi connectivity index (χ4v) is 13.7. The number of ketones is 1. The van der Waals surface area contributed by atoms with E-state index in [4.69, 9.17) is 47.5 Å². The first kappa shape index (κ1) is 60.6. The van der Waals surface area contributed by atoms with Crippen LogP contribution in [-0.4, -0.2) is 189 Å². The number of carbonyl (C=O) groups excluding carboxylic acids is 3. The average Bonchev–Trinajstić information content (AvgIpc) is 3.37. The third kappa shape index (κ3) is 13.8. The van der Waals surface area contributed by atoms with E-state index >= 15 is 0 Å². The Labute approximate surface area is 462 Å². The lowest BCUT2D eigenvalue weighted by Crippen LogP contribution is -2.65. The van der Waals surface area contributed by atoms with Crippen molar-refractivity contribution in [3.8, 4) is 40.9 Å². The van der Waals surface area contributed by atoms with Gasteiger partial charge in [-0.1, -0.05) is 63.1 Å². The predicted octanol–water partition coefficient (Wildman–Crippen LogP) is 4.12. The van der Waals surface area contributed by atoms with E-state index in [1.165, 1.54) is 73.0 Å². The monoisotopic (exact) mass is 1220 g/mol. The quantitative estimate of drug-likeness (QED) is 0.0407. The van der Waals surface area contributed by atoms with Crippen LogP contribution in [0.15, 0.2) is 35.1 Å². The molecule has 3 aliphatic heterocycles. The van der Waals surface area contributed by atoms with Gasteiger partial charge < -0.3 is 68.2 Å². The highest BCUT2D eigenvalue weighted by Crippen LogP contribution is 2.48. The van der Waals surface area contributed by atoms with E-state index in [2.05, 4.69) is 57.1 Å². The lowest BCUT2D eigenvalue weighted by molar-refractivity contribution is -0.298. The largest absolute Gasteiger partial charge is 0.492 e. The Hall–Kier alpha value is -2.58. The van der Waals surface area contributed by atoms with E-state index in [0.29, 0.717) is 27.1 Å². The van der Waals surface area contributed by atoms with E-state index in [-0.39, 0.29) is 70.8 Å². The van der Waals surface area contributed by atoms with Crippen LogP contribution in [0.2, 0.25) is 0 Å². The molecular formula is C50H66IN3O16S4. The van der Waals surface area contributed by atoms with Crippen molar-refractivity contribution in [2.75, 3.05) is 67.8 Å². The summed E-state index contributed by atoms with van der Waals surface area (Å²) < 4.78 is 55.5. The highest BCUT2D eigenvalue weighted by atomic mass is 127. The normalized spacial score (nSPS) is 32.9. The maximum absolute atomic E-state index is 14.1. The molecule has 5 aliphatic rings. The van der Waals surface area contributed by atoms with Crippen molar-refractivity contribution >= 4 is 82.6 Å². The predicted molar refractivity (Wildman–Crippen MR) is 292 cm³/mol. The average molecular weight is 1220 g/mol. The summed E-state index contributed by atoms with van der Waals surface area (Å²) in [6.07, 6.45) is -2.92. The second kappa shape index (κ2) is 27.8. The van der Waals surface area contributed by atoms with Crippen LogP contribution >= 0.6 is 65.8 Å². The molecular weight excluding hydrogens is 1150 g/mol. The fourth-order valence-electron chi connectivity index (χ4n) is 9.37. The number of halogens is 1. The minimum atomic E-state index is -1.94. The molecule has 74 heavy (non-hydrogen) atoms. The maximum atomic E-state index is 14.1. The zero-order valence-electron chi connectivity index (χ0n) is 43.1. The van der Waals surface area contributed by atoms with Crippen molar-refractivity contribution in [2.24, 2.45) is 0 Å². The Bertz CT molecular complexity index is 2420. The van der Waals surface area contributed by atoms with E-state index < -0.39 is 90.3 Å². The molecule has 2 bridgehead atoms. The summed E-state index contributed by atoms with van der Waals surface area (Å²) in [5.41, 5.74) is 2.38. The number of rotatable bonds is 20. The second-order valence-corrected chi connectivity index (χ2v) is 24.4. The molecule has 408 valence electrons. The zero-order chi connectivity index (χ0) is 54.0. The topological polar surface area (TPSA) is 231 Å². The van der Waals surface area contributed by atoms with Crippen molar-refractivity contribution in [1.29, 1.82) is 0 Å². The number of Topliss-reactive ketones (excluding diaryl/α,β-unsaturated/α-hetero) is 1. The third-order valence-corrected chi connectivity index (χ3v) is 19.7. The van der Waals surface area contributed by atoms with Crippen LogP contribution in [0, 0.1) is 34.2 Å². The number of aliphatic hydroxyl groups excluding tert-OH is 2. The molecule has 0 radical (unpaired) electrons. The molecule has 19 nitrogen and oxygen atoms in total. The number of amides is 1. The van der Waals surface area contributed by atoms with Gasteiger partial charge in [-0.25, -0.2) is 0 Å². The highest BCUT2D eigenvalue weighted by Gasteiger charge is 2.50. The van der Waals surface area contributed by atoms with Gasteiger partial charge in [-0.15, -0.1) is 0 Å². The van der Waals surface area contributed by atoms with E-state index in [1.807, 2.05) is 6.26 Å². The summed E-state index contributed by atoms with van der Waals surface area (Å²) in [5.74, 6) is 12.1. The van der Waals surface area contributed by atoms with Crippen molar-refractivity contribution in [3.05, 3.63) is 49.8 Å². The van der Waals surface area contributed by atoms with Gasteiger partial charge in [0.2, 0.25) is 16.8 Å². The Morgan fingerprint density at radius 2 is 1.74 bits per heavy atom. The molecule has 1 aromatic carbocycles.